The van der Waals surface area contributed by atoms with Crippen molar-refractivity contribution in [2.45, 2.75) is 18.7 Å². The molecule has 0 radical (unpaired) electrons. The number of benzene rings is 3. The second-order valence-electron chi connectivity index (χ2n) is 7.26. The molecule has 8 nitrogen and oxygen atoms in total. The maximum atomic E-state index is 12.7. The van der Waals surface area contributed by atoms with Crippen molar-refractivity contribution in [3.8, 4) is 11.6 Å². The summed E-state index contributed by atoms with van der Waals surface area (Å²) in [5.74, 6) is 1.22. The Morgan fingerprint density at radius 2 is 1.64 bits per heavy atom. The highest BCUT2D eigenvalue weighted by molar-refractivity contribution is 7.89. The largest absolute Gasteiger partial charge is 0.436 e. The van der Waals surface area contributed by atoms with Gasteiger partial charge in [-0.25, -0.2) is 13.4 Å². The molecular weight excluding hydrogens is 438 g/mol. The normalized spacial score (nSPS) is 11.6. The Labute approximate surface area is 193 Å². The topological polar surface area (TPSA) is 110 Å². The molecule has 3 N–H and O–H groups in total. The van der Waals surface area contributed by atoms with Crippen molar-refractivity contribution in [3.05, 3.63) is 73.1 Å². The van der Waals surface area contributed by atoms with Crippen LogP contribution in [0.1, 0.15) is 13.8 Å². The van der Waals surface area contributed by atoms with E-state index < -0.39 is 10.0 Å². The van der Waals surface area contributed by atoms with Gasteiger partial charge in [0.15, 0.2) is 5.82 Å². The number of aromatic nitrogens is 2. The van der Waals surface area contributed by atoms with Crippen molar-refractivity contribution >= 4 is 38.0 Å². The number of sulfonamides is 1. The van der Waals surface area contributed by atoms with Gasteiger partial charge in [-0.05, 0) is 35.7 Å². The van der Waals surface area contributed by atoms with Crippen LogP contribution in [0.2, 0.25) is 0 Å². The summed E-state index contributed by atoms with van der Waals surface area (Å²) in [4.78, 5) is 8.62. The fourth-order valence-electron chi connectivity index (χ4n) is 3.51. The molecule has 0 saturated heterocycles. The Hall–Kier alpha value is -3.69. The molecule has 0 saturated carbocycles. The molecule has 0 aliphatic rings. The molecule has 33 heavy (non-hydrogen) atoms. The molecule has 0 bridgehead atoms. The second-order valence-corrected chi connectivity index (χ2v) is 9.20. The molecule has 4 rings (SSSR count). The van der Waals surface area contributed by atoms with Gasteiger partial charge in [-0.3, -0.25) is 0 Å². The molecule has 170 valence electrons. The smallest absolute Gasteiger partial charge is 0.248 e. The fourth-order valence-corrected chi connectivity index (χ4v) is 4.97. The first-order valence-electron chi connectivity index (χ1n) is 10.6. The highest BCUT2D eigenvalue weighted by atomic mass is 32.2. The zero-order valence-electron chi connectivity index (χ0n) is 18.4. The number of nitrogens with one attached hydrogen (secondary N) is 1. The predicted molar refractivity (Wildman–Crippen MR) is 130 cm³/mol. The van der Waals surface area contributed by atoms with E-state index in [-0.39, 0.29) is 16.5 Å². The summed E-state index contributed by atoms with van der Waals surface area (Å²) in [6.45, 7) is 4.45. The summed E-state index contributed by atoms with van der Waals surface area (Å²) in [7, 11) is -3.52. The summed E-state index contributed by atoms with van der Waals surface area (Å²) in [5.41, 5.74) is 7.16. The van der Waals surface area contributed by atoms with E-state index in [2.05, 4.69) is 15.3 Å². The number of nitrogens with two attached hydrogens (primary N) is 1. The third-order valence-electron chi connectivity index (χ3n) is 5.26. The molecule has 0 amide bonds. The minimum atomic E-state index is -3.52. The van der Waals surface area contributed by atoms with Gasteiger partial charge < -0.3 is 15.8 Å². The minimum Gasteiger partial charge on any atom is -0.436 e. The molecule has 0 spiro atoms. The molecule has 0 fully saturated rings. The lowest BCUT2D eigenvalue weighted by molar-refractivity contribution is 0.445. The van der Waals surface area contributed by atoms with Gasteiger partial charge in [0.1, 0.15) is 17.8 Å². The van der Waals surface area contributed by atoms with E-state index in [4.69, 9.17) is 10.5 Å². The van der Waals surface area contributed by atoms with Crippen LogP contribution in [-0.2, 0) is 10.0 Å². The van der Waals surface area contributed by atoms with Crippen LogP contribution in [0.25, 0.3) is 10.8 Å². The number of rotatable bonds is 8. The Morgan fingerprint density at radius 3 is 2.36 bits per heavy atom. The monoisotopic (exact) mass is 463 g/mol. The molecule has 1 heterocycles. The summed E-state index contributed by atoms with van der Waals surface area (Å²) in [6.07, 6.45) is 1.36. The molecule has 0 atom stereocenters. The molecule has 0 unspecified atom stereocenters. The molecular formula is C24H25N5O3S. The van der Waals surface area contributed by atoms with Gasteiger partial charge in [-0.1, -0.05) is 50.2 Å². The van der Waals surface area contributed by atoms with Gasteiger partial charge in [0.05, 0.1) is 4.90 Å². The standard InChI is InChI=1S/C24H25N5O3S/c1-3-29(4-2)33(30,31)19-14-12-18(13-15-19)28-23-22(25)24(27-16-26-23)32-21-11-7-9-17-8-5-6-10-20(17)21/h5-16H,3-4,25H2,1-2H3,(H,26,27,28). The summed E-state index contributed by atoms with van der Waals surface area (Å²) in [6, 6.07) is 20.1. The summed E-state index contributed by atoms with van der Waals surface area (Å²) in [5, 5.41) is 5.09. The lowest BCUT2D eigenvalue weighted by Crippen LogP contribution is -2.30. The fraction of sp³-hybridized carbons (Fsp3) is 0.167. The van der Waals surface area contributed by atoms with E-state index in [1.165, 1.54) is 10.6 Å². The number of hydrogen-bond acceptors (Lipinski definition) is 7. The van der Waals surface area contributed by atoms with Gasteiger partial charge in [0, 0.05) is 24.2 Å². The first-order valence-corrected chi connectivity index (χ1v) is 12.0. The van der Waals surface area contributed by atoms with Crippen LogP contribution < -0.4 is 15.8 Å². The molecule has 3 aromatic carbocycles. The van der Waals surface area contributed by atoms with E-state index in [1.807, 2.05) is 56.3 Å². The lowest BCUT2D eigenvalue weighted by Gasteiger charge is -2.18. The van der Waals surface area contributed by atoms with Crippen molar-refractivity contribution in [2.75, 3.05) is 24.1 Å². The number of ether oxygens (including phenoxy) is 1. The second kappa shape index (κ2) is 9.43. The van der Waals surface area contributed by atoms with E-state index >= 15 is 0 Å². The Kier molecular flexibility index (Phi) is 6.43. The highest BCUT2D eigenvalue weighted by Crippen LogP contribution is 2.34. The van der Waals surface area contributed by atoms with Crippen LogP contribution >= 0.6 is 0 Å². The van der Waals surface area contributed by atoms with Crippen molar-refractivity contribution in [2.24, 2.45) is 0 Å². The van der Waals surface area contributed by atoms with E-state index in [9.17, 15) is 8.42 Å². The van der Waals surface area contributed by atoms with Gasteiger partial charge in [0.2, 0.25) is 15.9 Å². The maximum Gasteiger partial charge on any atom is 0.248 e. The number of nitrogens with zero attached hydrogens (tertiary/aromatic N) is 3. The third kappa shape index (κ3) is 4.59. The molecule has 9 heteroatoms. The number of fused-ring (bicyclic) bond motifs is 1. The van der Waals surface area contributed by atoms with Gasteiger partial charge >= 0.3 is 0 Å². The maximum absolute atomic E-state index is 12.7. The number of nitrogen functional groups attached to an aromatic ring is 1. The van der Waals surface area contributed by atoms with Crippen LogP contribution in [0.5, 0.6) is 11.6 Å². The Balaban J connectivity index is 1.57. The average Bonchev–Trinajstić information content (AvgIpc) is 2.83. The third-order valence-corrected chi connectivity index (χ3v) is 7.33. The predicted octanol–water partition coefficient (Wildman–Crippen LogP) is 4.78. The van der Waals surface area contributed by atoms with Crippen LogP contribution in [0.3, 0.4) is 0 Å². The summed E-state index contributed by atoms with van der Waals surface area (Å²) < 4.78 is 32.8. The number of anilines is 3. The van der Waals surface area contributed by atoms with Crippen molar-refractivity contribution in [3.63, 3.8) is 0 Å². The average molecular weight is 464 g/mol. The summed E-state index contributed by atoms with van der Waals surface area (Å²) >= 11 is 0. The number of hydrogen-bond donors (Lipinski definition) is 2. The quantitative estimate of drug-likeness (QED) is 0.387. The SMILES string of the molecule is CCN(CC)S(=O)(=O)c1ccc(Nc2ncnc(Oc3cccc4ccccc34)c2N)cc1. The van der Waals surface area contributed by atoms with Gasteiger partial charge in [-0.2, -0.15) is 9.29 Å². The molecule has 0 aliphatic carbocycles. The van der Waals surface area contributed by atoms with Crippen LogP contribution in [0.4, 0.5) is 17.2 Å². The van der Waals surface area contributed by atoms with Crippen LogP contribution in [-0.4, -0.2) is 35.8 Å². The first kappa shape index (κ1) is 22.5. The van der Waals surface area contributed by atoms with Gasteiger partial charge in [0.25, 0.3) is 0 Å². The van der Waals surface area contributed by atoms with E-state index in [0.717, 1.165) is 10.8 Å². The van der Waals surface area contributed by atoms with E-state index in [0.29, 0.717) is 30.3 Å². The Morgan fingerprint density at radius 1 is 0.939 bits per heavy atom. The van der Waals surface area contributed by atoms with Gasteiger partial charge in [-0.15, -0.1) is 0 Å². The zero-order chi connectivity index (χ0) is 23.4. The van der Waals surface area contributed by atoms with Crippen LogP contribution in [0.15, 0.2) is 78.0 Å². The molecule has 0 aliphatic heterocycles. The van der Waals surface area contributed by atoms with Crippen molar-refractivity contribution in [1.29, 1.82) is 0 Å². The van der Waals surface area contributed by atoms with E-state index in [1.54, 1.807) is 24.3 Å². The van der Waals surface area contributed by atoms with Crippen LogP contribution in [0, 0.1) is 0 Å². The van der Waals surface area contributed by atoms with Crippen molar-refractivity contribution in [1.82, 2.24) is 14.3 Å². The Bertz CT molecular complexity index is 1370. The highest BCUT2D eigenvalue weighted by Gasteiger charge is 2.21. The first-order chi connectivity index (χ1) is 15.9. The minimum absolute atomic E-state index is 0.226. The zero-order valence-corrected chi connectivity index (χ0v) is 19.2. The molecule has 1 aromatic heterocycles. The lowest BCUT2D eigenvalue weighted by atomic mass is 10.1. The molecule has 4 aromatic rings. The van der Waals surface area contributed by atoms with Crippen molar-refractivity contribution < 1.29 is 13.2 Å².